The lowest BCUT2D eigenvalue weighted by molar-refractivity contribution is -0.120. The molecule has 0 aliphatic carbocycles. The largest absolute Gasteiger partial charge is 0.375 e. The zero-order valence-corrected chi connectivity index (χ0v) is 14.3. The van der Waals surface area contributed by atoms with Gasteiger partial charge in [0.25, 0.3) is 5.89 Å². The normalized spacial score (nSPS) is 14.3. The lowest BCUT2D eigenvalue weighted by Crippen LogP contribution is -2.40. The maximum absolute atomic E-state index is 11.3. The van der Waals surface area contributed by atoms with E-state index >= 15 is 0 Å². The molecule has 124 valence electrons. The molecule has 6 nitrogen and oxygen atoms in total. The predicted octanol–water partition coefficient (Wildman–Crippen LogP) is 2.74. The number of carbonyl (C=O) groups excluding carboxylic acids is 1. The minimum Gasteiger partial charge on any atom is -0.375 e. The number of nitrogens with zero attached hydrogens (tertiary/aromatic N) is 2. The lowest BCUT2D eigenvalue weighted by atomic mass is 9.91. The Balaban J connectivity index is 2.42. The van der Waals surface area contributed by atoms with Crippen molar-refractivity contribution in [3.63, 3.8) is 0 Å². The Hall–Kier alpha value is -1.92. The summed E-state index contributed by atoms with van der Waals surface area (Å²) in [5, 5.41) is 18.2. The van der Waals surface area contributed by atoms with Gasteiger partial charge in [0.05, 0.1) is 5.54 Å². The van der Waals surface area contributed by atoms with Gasteiger partial charge in [-0.3, -0.25) is 4.79 Å². The van der Waals surface area contributed by atoms with Gasteiger partial charge in [0, 0.05) is 11.9 Å². The second kappa shape index (κ2) is 6.29. The van der Waals surface area contributed by atoms with Crippen molar-refractivity contribution in [1.82, 2.24) is 15.5 Å². The first-order valence-corrected chi connectivity index (χ1v) is 7.68. The van der Waals surface area contributed by atoms with Crippen LogP contribution in [-0.2, 0) is 15.9 Å². The standard InChI is InChI=1S/C16H20ClN3O3/c1-5-16(22,11-7-6-8-12(17)9-11)14-18-13(20-23-14)15(3,4)19-10(2)21/h6-9,22H,5H2,1-4H3,(H,19,21)/t16-/m1/s1. The van der Waals surface area contributed by atoms with Crippen molar-refractivity contribution in [2.45, 2.75) is 45.3 Å². The molecule has 7 heteroatoms. The second-order valence-corrected chi connectivity index (χ2v) is 6.39. The summed E-state index contributed by atoms with van der Waals surface area (Å²) in [6, 6.07) is 6.88. The molecule has 0 aliphatic rings. The van der Waals surface area contributed by atoms with Gasteiger partial charge in [-0.25, -0.2) is 0 Å². The first kappa shape index (κ1) is 17.4. The molecule has 1 atom stereocenters. The minimum atomic E-state index is -1.44. The number of nitrogens with one attached hydrogen (secondary N) is 1. The molecule has 2 aromatic rings. The van der Waals surface area contributed by atoms with E-state index in [0.717, 1.165) is 0 Å². The molecule has 1 heterocycles. The minimum absolute atomic E-state index is 0.0655. The first-order valence-electron chi connectivity index (χ1n) is 7.31. The number of rotatable bonds is 5. The number of aromatic nitrogens is 2. The second-order valence-electron chi connectivity index (χ2n) is 5.95. The Morgan fingerprint density at radius 2 is 2.13 bits per heavy atom. The molecule has 0 bridgehead atoms. The molecule has 0 spiro atoms. The first-order chi connectivity index (χ1) is 10.7. The highest BCUT2D eigenvalue weighted by atomic mass is 35.5. The molecule has 0 unspecified atom stereocenters. The average Bonchev–Trinajstić information content (AvgIpc) is 2.96. The summed E-state index contributed by atoms with van der Waals surface area (Å²) in [5.41, 5.74) is -1.68. The summed E-state index contributed by atoms with van der Waals surface area (Å²) in [6.07, 6.45) is 0.329. The van der Waals surface area contributed by atoms with E-state index in [-0.39, 0.29) is 17.6 Å². The Morgan fingerprint density at radius 1 is 1.43 bits per heavy atom. The monoisotopic (exact) mass is 337 g/mol. The fourth-order valence-electron chi connectivity index (χ4n) is 2.37. The van der Waals surface area contributed by atoms with Crippen molar-refractivity contribution in [3.8, 4) is 0 Å². The van der Waals surface area contributed by atoms with Crippen LogP contribution in [0.2, 0.25) is 5.02 Å². The zero-order valence-electron chi connectivity index (χ0n) is 13.6. The number of halogens is 1. The van der Waals surface area contributed by atoms with Crippen molar-refractivity contribution in [3.05, 3.63) is 46.6 Å². The van der Waals surface area contributed by atoms with Crippen LogP contribution < -0.4 is 5.32 Å². The molecular weight excluding hydrogens is 318 g/mol. The van der Waals surface area contributed by atoms with E-state index in [0.29, 0.717) is 17.0 Å². The quantitative estimate of drug-likeness (QED) is 0.875. The van der Waals surface area contributed by atoms with Crippen LogP contribution in [0.5, 0.6) is 0 Å². The molecule has 1 aromatic carbocycles. The zero-order chi connectivity index (χ0) is 17.3. The number of aliphatic hydroxyl groups is 1. The van der Waals surface area contributed by atoms with Crippen LogP contribution in [0, 0.1) is 0 Å². The Labute approximate surface area is 139 Å². The van der Waals surface area contributed by atoms with E-state index in [2.05, 4.69) is 15.5 Å². The average molecular weight is 338 g/mol. The summed E-state index contributed by atoms with van der Waals surface area (Å²) in [7, 11) is 0. The summed E-state index contributed by atoms with van der Waals surface area (Å²) >= 11 is 6.01. The number of benzene rings is 1. The highest BCUT2D eigenvalue weighted by molar-refractivity contribution is 6.30. The molecule has 23 heavy (non-hydrogen) atoms. The number of hydrogen-bond acceptors (Lipinski definition) is 5. The van der Waals surface area contributed by atoms with Crippen LogP contribution in [-0.4, -0.2) is 21.2 Å². The van der Waals surface area contributed by atoms with Crippen LogP contribution in [0.1, 0.15) is 51.4 Å². The molecule has 1 amide bonds. The summed E-state index contributed by atoms with van der Waals surface area (Å²) in [5.74, 6) is 0.147. The molecule has 0 saturated carbocycles. The third-order valence-corrected chi connectivity index (χ3v) is 3.88. The van der Waals surface area contributed by atoms with Crippen molar-refractivity contribution in [1.29, 1.82) is 0 Å². The molecule has 0 saturated heterocycles. The van der Waals surface area contributed by atoms with Gasteiger partial charge in [-0.05, 0) is 38.0 Å². The molecule has 2 rings (SSSR count). The number of amides is 1. The van der Waals surface area contributed by atoms with Gasteiger partial charge in [-0.1, -0.05) is 35.8 Å². The maximum Gasteiger partial charge on any atom is 0.263 e. The Bertz CT molecular complexity index is 714. The van der Waals surface area contributed by atoms with E-state index in [4.69, 9.17) is 16.1 Å². The number of carbonyl (C=O) groups is 1. The van der Waals surface area contributed by atoms with Gasteiger partial charge in [0.15, 0.2) is 11.4 Å². The van der Waals surface area contributed by atoms with Crippen molar-refractivity contribution in [2.75, 3.05) is 0 Å². The highest BCUT2D eigenvalue weighted by Crippen LogP contribution is 2.33. The van der Waals surface area contributed by atoms with Crippen LogP contribution in [0.3, 0.4) is 0 Å². The molecular formula is C16H20ClN3O3. The van der Waals surface area contributed by atoms with Gasteiger partial charge < -0.3 is 14.9 Å². The molecule has 0 fully saturated rings. The van der Waals surface area contributed by atoms with E-state index in [1.165, 1.54) is 6.92 Å². The summed E-state index contributed by atoms with van der Waals surface area (Å²) in [6.45, 7) is 6.74. The SMILES string of the molecule is CC[C@@](O)(c1cccc(Cl)c1)c1nc(C(C)(C)NC(C)=O)no1. The molecule has 1 aromatic heterocycles. The number of hydrogen-bond donors (Lipinski definition) is 2. The third-order valence-electron chi connectivity index (χ3n) is 3.64. The fraction of sp³-hybridized carbons (Fsp3) is 0.438. The highest BCUT2D eigenvalue weighted by Gasteiger charge is 2.38. The predicted molar refractivity (Wildman–Crippen MR) is 85.9 cm³/mol. The van der Waals surface area contributed by atoms with Gasteiger partial charge in [0.1, 0.15) is 0 Å². The van der Waals surface area contributed by atoms with Gasteiger partial charge in [-0.15, -0.1) is 0 Å². The van der Waals surface area contributed by atoms with Crippen LogP contribution in [0.25, 0.3) is 0 Å². The van der Waals surface area contributed by atoms with E-state index in [9.17, 15) is 9.90 Å². The van der Waals surface area contributed by atoms with Crippen molar-refractivity contribution >= 4 is 17.5 Å². The van der Waals surface area contributed by atoms with Gasteiger partial charge >= 0.3 is 0 Å². The smallest absolute Gasteiger partial charge is 0.263 e. The topological polar surface area (TPSA) is 88.3 Å². The van der Waals surface area contributed by atoms with E-state index in [1.807, 2.05) is 6.92 Å². The summed E-state index contributed by atoms with van der Waals surface area (Å²) in [4.78, 5) is 15.6. The van der Waals surface area contributed by atoms with E-state index < -0.39 is 11.1 Å². The third kappa shape index (κ3) is 3.54. The molecule has 0 aliphatic heterocycles. The van der Waals surface area contributed by atoms with Gasteiger partial charge in [0.2, 0.25) is 5.91 Å². The van der Waals surface area contributed by atoms with Crippen LogP contribution in [0.4, 0.5) is 0 Å². The summed E-state index contributed by atoms with van der Waals surface area (Å²) < 4.78 is 5.28. The van der Waals surface area contributed by atoms with Crippen LogP contribution >= 0.6 is 11.6 Å². The maximum atomic E-state index is 11.3. The van der Waals surface area contributed by atoms with Gasteiger partial charge in [-0.2, -0.15) is 4.98 Å². The van der Waals surface area contributed by atoms with E-state index in [1.54, 1.807) is 38.1 Å². The molecule has 2 N–H and O–H groups in total. The fourth-order valence-corrected chi connectivity index (χ4v) is 2.56. The molecule has 0 radical (unpaired) electrons. The Kier molecular flexibility index (Phi) is 4.77. The van der Waals surface area contributed by atoms with Crippen LogP contribution in [0.15, 0.2) is 28.8 Å². The lowest BCUT2D eigenvalue weighted by Gasteiger charge is -2.24. The van der Waals surface area contributed by atoms with Crippen molar-refractivity contribution < 1.29 is 14.4 Å². The van der Waals surface area contributed by atoms with Crippen molar-refractivity contribution in [2.24, 2.45) is 0 Å². The Morgan fingerprint density at radius 3 is 2.70 bits per heavy atom.